The standard InChI is InChI=1S/C23H26N2O3S/c1-5-6-12-28-18-11-10-17(13-19(18)27-4)14-20-22(26)25-23(29-20)24-21-15(2)8-7-9-16(21)3/h7-11,13-14H,5-6,12H2,1-4H3,(H,24,25,26)/b20-14-. The lowest BCUT2D eigenvalue weighted by Gasteiger charge is -2.11. The smallest absolute Gasteiger partial charge is 0.264 e. The average molecular weight is 411 g/mol. The topological polar surface area (TPSA) is 59.9 Å². The van der Waals surface area contributed by atoms with Crippen molar-refractivity contribution in [1.82, 2.24) is 5.32 Å². The molecule has 0 unspecified atom stereocenters. The number of rotatable bonds is 7. The van der Waals surface area contributed by atoms with E-state index in [-0.39, 0.29) is 5.91 Å². The predicted molar refractivity (Wildman–Crippen MR) is 120 cm³/mol. The number of para-hydroxylation sites is 1. The van der Waals surface area contributed by atoms with Gasteiger partial charge in [-0.15, -0.1) is 0 Å². The van der Waals surface area contributed by atoms with Gasteiger partial charge >= 0.3 is 0 Å². The molecule has 0 spiro atoms. The van der Waals surface area contributed by atoms with Gasteiger partial charge in [0, 0.05) is 0 Å². The molecule has 0 radical (unpaired) electrons. The summed E-state index contributed by atoms with van der Waals surface area (Å²) in [5, 5.41) is 3.44. The largest absolute Gasteiger partial charge is 0.493 e. The summed E-state index contributed by atoms with van der Waals surface area (Å²) in [7, 11) is 1.62. The Balaban J connectivity index is 1.80. The van der Waals surface area contributed by atoms with Gasteiger partial charge in [-0.3, -0.25) is 4.79 Å². The third-order valence-electron chi connectivity index (χ3n) is 4.54. The van der Waals surface area contributed by atoms with Crippen molar-refractivity contribution < 1.29 is 14.3 Å². The van der Waals surface area contributed by atoms with Crippen LogP contribution in [0.2, 0.25) is 0 Å². The molecule has 1 amide bonds. The number of aryl methyl sites for hydroxylation is 2. The summed E-state index contributed by atoms with van der Waals surface area (Å²) in [6, 6.07) is 11.7. The van der Waals surface area contributed by atoms with E-state index in [1.165, 1.54) is 11.8 Å². The van der Waals surface area contributed by atoms with Crippen LogP contribution < -0.4 is 14.8 Å². The molecule has 5 nitrogen and oxygen atoms in total. The molecule has 1 heterocycles. The van der Waals surface area contributed by atoms with Crippen LogP contribution in [0.15, 0.2) is 46.3 Å². The Morgan fingerprint density at radius 2 is 1.90 bits per heavy atom. The van der Waals surface area contributed by atoms with Gasteiger partial charge in [-0.2, -0.15) is 0 Å². The molecule has 0 atom stereocenters. The summed E-state index contributed by atoms with van der Waals surface area (Å²) in [5.41, 5.74) is 3.92. The lowest BCUT2D eigenvalue weighted by Crippen LogP contribution is -2.19. The normalized spacial score (nSPS) is 16.3. The number of aliphatic imine (C=N–C) groups is 1. The van der Waals surface area contributed by atoms with Crippen molar-refractivity contribution in [3.8, 4) is 11.5 Å². The van der Waals surface area contributed by atoms with E-state index in [0.29, 0.717) is 28.2 Å². The number of amidine groups is 1. The lowest BCUT2D eigenvalue weighted by molar-refractivity contribution is -0.115. The number of methoxy groups -OCH3 is 1. The average Bonchev–Trinajstić information content (AvgIpc) is 3.05. The zero-order valence-electron chi connectivity index (χ0n) is 17.2. The first-order valence-electron chi connectivity index (χ1n) is 9.68. The van der Waals surface area contributed by atoms with E-state index >= 15 is 0 Å². The number of amides is 1. The molecule has 152 valence electrons. The molecule has 29 heavy (non-hydrogen) atoms. The first-order valence-corrected chi connectivity index (χ1v) is 10.5. The monoisotopic (exact) mass is 410 g/mol. The Bertz CT molecular complexity index is 946. The summed E-state index contributed by atoms with van der Waals surface area (Å²) in [5.74, 6) is 1.22. The molecule has 6 heteroatoms. The number of unbranched alkanes of at least 4 members (excludes halogenated alkanes) is 1. The molecule has 0 aromatic heterocycles. The molecular formula is C23H26N2O3S. The van der Waals surface area contributed by atoms with Crippen molar-refractivity contribution in [2.75, 3.05) is 13.7 Å². The number of thioether (sulfide) groups is 1. The van der Waals surface area contributed by atoms with Gasteiger partial charge in [0.1, 0.15) is 0 Å². The maximum Gasteiger partial charge on any atom is 0.264 e. The second-order valence-corrected chi connectivity index (χ2v) is 7.87. The van der Waals surface area contributed by atoms with E-state index < -0.39 is 0 Å². The van der Waals surface area contributed by atoms with Gasteiger partial charge < -0.3 is 14.8 Å². The fourth-order valence-electron chi connectivity index (χ4n) is 2.94. The van der Waals surface area contributed by atoms with Crippen molar-refractivity contribution in [3.63, 3.8) is 0 Å². The van der Waals surface area contributed by atoms with E-state index in [4.69, 9.17) is 9.47 Å². The third-order valence-corrected chi connectivity index (χ3v) is 5.45. The summed E-state index contributed by atoms with van der Waals surface area (Å²) < 4.78 is 11.2. The number of carbonyl (C=O) groups excluding carboxylic acids is 1. The Morgan fingerprint density at radius 1 is 1.14 bits per heavy atom. The number of carbonyl (C=O) groups is 1. The van der Waals surface area contributed by atoms with E-state index in [9.17, 15) is 4.79 Å². The van der Waals surface area contributed by atoms with Crippen LogP contribution in [0.4, 0.5) is 5.69 Å². The summed E-state index contributed by atoms with van der Waals surface area (Å²) in [6.07, 6.45) is 3.91. The Labute approximate surface area is 176 Å². The zero-order chi connectivity index (χ0) is 20.8. The van der Waals surface area contributed by atoms with Crippen molar-refractivity contribution in [1.29, 1.82) is 0 Å². The molecule has 1 aliphatic rings. The fraction of sp³-hybridized carbons (Fsp3) is 0.304. The second kappa shape index (κ2) is 9.65. The number of hydrogen-bond donors (Lipinski definition) is 1. The van der Waals surface area contributed by atoms with E-state index in [1.807, 2.05) is 56.3 Å². The van der Waals surface area contributed by atoms with Crippen LogP contribution in [0.5, 0.6) is 11.5 Å². The van der Waals surface area contributed by atoms with Gasteiger partial charge in [-0.1, -0.05) is 37.6 Å². The van der Waals surface area contributed by atoms with Gasteiger partial charge in [-0.05, 0) is 66.9 Å². The molecule has 0 aliphatic carbocycles. The Hall–Kier alpha value is -2.73. The first-order chi connectivity index (χ1) is 14.0. The molecule has 1 saturated heterocycles. The van der Waals surface area contributed by atoms with Crippen LogP contribution in [0.3, 0.4) is 0 Å². The van der Waals surface area contributed by atoms with Crippen molar-refractivity contribution in [2.45, 2.75) is 33.6 Å². The highest BCUT2D eigenvalue weighted by molar-refractivity contribution is 8.18. The Kier molecular flexibility index (Phi) is 6.99. The number of benzene rings is 2. The molecule has 0 bridgehead atoms. The summed E-state index contributed by atoms with van der Waals surface area (Å²) in [4.78, 5) is 17.7. The van der Waals surface area contributed by atoms with Crippen LogP contribution in [-0.4, -0.2) is 24.8 Å². The first kappa shape index (κ1) is 21.0. The lowest BCUT2D eigenvalue weighted by atomic mass is 10.1. The minimum absolute atomic E-state index is 0.151. The van der Waals surface area contributed by atoms with Gasteiger partial charge in [-0.25, -0.2) is 4.99 Å². The van der Waals surface area contributed by atoms with Gasteiger partial charge in [0.2, 0.25) is 0 Å². The molecular weight excluding hydrogens is 384 g/mol. The number of nitrogens with zero attached hydrogens (tertiary/aromatic N) is 1. The SMILES string of the molecule is CCCCOc1ccc(/C=C2\SC(=Nc3c(C)cccc3C)NC2=O)cc1OC. The highest BCUT2D eigenvalue weighted by Crippen LogP contribution is 2.33. The maximum atomic E-state index is 12.4. The quantitative estimate of drug-likeness (QED) is 0.492. The van der Waals surface area contributed by atoms with Gasteiger partial charge in [0.05, 0.1) is 24.3 Å². The van der Waals surface area contributed by atoms with Crippen molar-refractivity contribution >= 4 is 34.6 Å². The number of hydrogen-bond acceptors (Lipinski definition) is 5. The fourth-order valence-corrected chi connectivity index (χ4v) is 3.76. The van der Waals surface area contributed by atoms with E-state index in [1.54, 1.807) is 7.11 Å². The van der Waals surface area contributed by atoms with Crippen LogP contribution in [0.1, 0.15) is 36.5 Å². The van der Waals surface area contributed by atoms with Gasteiger partial charge in [0.15, 0.2) is 16.7 Å². The summed E-state index contributed by atoms with van der Waals surface area (Å²) in [6.45, 7) is 6.81. The van der Waals surface area contributed by atoms with Crippen LogP contribution in [-0.2, 0) is 4.79 Å². The van der Waals surface area contributed by atoms with E-state index in [0.717, 1.165) is 35.2 Å². The van der Waals surface area contributed by atoms with Crippen LogP contribution in [0, 0.1) is 13.8 Å². The minimum atomic E-state index is -0.151. The minimum Gasteiger partial charge on any atom is -0.493 e. The predicted octanol–water partition coefficient (Wildman–Crippen LogP) is 5.38. The third kappa shape index (κ3) is 5.21. The van der Waals surface area contributed by atoms with Crippen LogP contribution in [0.25, 0.3) is 6.08 Å². The number of nitrogens with one attached hydrogen (secondary N) is 1. The molecule has 1 N–H and O–H groups in total. The molecule has 3 rings (SSSR count). The van der Waals surface area contributed by atoms with Crippen molar-refractivity contribution in [2.24, 2.45) is 4.99 Å². The second-order valence-electron chi connectivity index (χ2n) is 6.83. The number of ether oxygens (including phenoxy) is 2. The van der Waals surface area contributed by atoms with Crippen LogP contribution >= 0.6 is 11.8 Å². The highest BCUT2D eigenvalue weighted by Gasteiger charge is 2.24. The summed E-state index contributed by atoms with van der Waals surface area (Å²) >= 11 is 1.34. The molecule has 1 fully saturated rings. The molecule has 0 saturated carbocycles. The van der Waals surface area contributed by atoms with Gasteiger partial charge in [0.25, 0.3) is 5.91 Å². The Morgan fingerprint density at radius 3 is 2.59 bits per heavy atom. The highest BCUT2D eigenvalue weighted by atomic mass is 32.2. The van der Waals surface area contributed by atoms with E-state index in [2.05, 4.69) is 17.2 Å². The maximum absolute atomic E-state index is 12.4. The molecule has 1 aliphatic heterocycles. The molecule has 2 aromatic carbocycles. The zero-order valence-corrected chi connectivity index (χ0v) is 18.1. The molecule has 2 aromatic rings. The van der Waals surface area contributed by atoms with Crippen molar-refractivity contribution in [3.05, 3.63) is 58.0 Å².